The van der Waals surface area contributed by atoms with E-state index in [1.54, 1.807) is 0 Å². The summed E-state index contributed by atoms with van der Waals surface area (Å²) in [4.78, 5) is 18.2. The first-order chi connectivity index (χ1) is 11.3. The molecule has 0 spiro atoms. The van der Waals surface area contributed by atoms with E-state index in [0.29, 0.717) is 43.5 Å². The highest BCUT2D eigenvalue weighted by Crippen LogP contribution is 2.30. The van der Waals surface area contributed by atoms with Crippen LogP contribution in [0.5, 0.6) is 0 Å². The SMILES string of the molecule is NC(=NC1CNCCOC1)[C@@H]1CC[C@@H]2CN1C(=O)N2OS(=O)(=O)O. The Morgan fingerprint density at radius 2 is 2.25 bits per heavy atom. The van der Waals surface area contributed by atoms with Gasteiger partial charge >= 0.3 is 16.4 Å². The molecule has 24 heavy (non-hydrogen) atoms. The zero-order valence-electron chi connectivity index (χ0n) is 13.0. The lowest BCUT2D eigenvalue weighted by Crippen LogP contribution is -2.49. The molecule has 0 radical (unpaired) electrons. The second kappa shape index (κ2) is 6.80. The third-order valence-corrected chi connectivity index (χ3v) is 4.63. The summed E-state index contributed by atoms with van der Waals surface area (Å²) in [6, 6.07) is -1.64. The summed E-state index contributed by atoms with van der Waals surface area (Å²) in [7, 11) is -4.75. The normalized spacial score (nSPS) is 32.1. The number of amidine groups is 1. The predicted molar refractivity (Wildman–Crippen MR) is 82.5 cm³/mol. The molecular formula is C12H21N5O6S. The van der Waals surface area contributed by atoms with Crippen molar-refractivity contribution in [2.45, 2.75) is 31.0 Å². The summed E-state index contributed by atoms with van der Waals surface area (Å²) in [5.74, 6) is 0.313. The maximum Gasteiger partial charge on any atom is 0.418 e. The van der Waals surface area contributed by atoms with Gasteiger partial charge in [-0.1, -0.05) is 0 Å². The Balaban J connectivity index is 1.71. The van der Waals surface area contributed by atoms with Crippen LogP contribution in [-0.2, 0) is 19.4 Å². The maximum absolute atomic E-state index is 12.3. The zero-order chi connectivity index (χ0) is 17.3. The molecule has 0 saturated carbocycles. The lowest BCUT2D eigenvalue weighted by atomic mass is 10.00. The topological polar surface area (TPSA) is 147 Å². The van der Waals surface area contributed by atoms with Gasteiger partial charge in [0.1, 0.15) is 5.84 Å². The van der Waals surface area contributed by atoms with Crippen molar-refractivity contribution in [3.05, 3.63) is 0 Å². The first kappa shape index (κ1) is 17.4. The molecule has 3 rings (SSSR count). The van der Waals surface area contributed by atoms with Gasteiger partial charge in [-0.3, -0.25) is 9.55 Å². The smallest absolute Gasteiger partial charge is 0.386 e. The van der Waals surface area contributed by atoms with Crippen LogP contribution in [0.1, 0.15) is 12.8 Å². The van der Waals surface area contributed by atoms with Crippen LogP contribution < -0.4 is 11.1 Å². The number of aliphatic imine (C=N–C) groups is 1. The standard InChI is InChI=1S/C12H21N5O6S/c13-11(15-8-5-14-3-4-22-7-8)10-2-1-9-6-16(10)12(18)17(9)23-24(19,20)21/h8-10,14H,1-7H2,(H2,13,15)(H,19,20,21)/t8?,9-,10+/m1/s1. The van der Waals surface area contributed by atoms with E-state index in [9.17, 15) is 13.2 Å². The fourth-order valence-electron chi connectivity index (χ4n) is 3.21. The van der Waals surface area contributed by atoms with Gasteiger partial charge in [0.05, 0.1) is 31.3 Å². The minimum Gasteiger partial charge on any atom is -0.386 e. The van der Waals surface area contributed by atoms with Crippen molar-refractivity contribution < 1.29 is 26.8 Å². The number of amides is 2. The van der Waals surface area contributed by atoms with Gasteiger partial charge in [-0.05, 0) is 12.8 Å². The lowest BCUT2D eigenvalue weighted by Gasteiger charge is -2.30. The van der Waals surface area contributed by atoms with Crippen LogP contribution in [0.2, 0.25) is 0 Å². The summed E-state index contributed by atoms with van der Waals surface area (Å²) in [6.07, 6.45) is 1.04. The maximum atomic E-state index is 12.3. The fourth-order valence-corrected chi connectivity index (χ4v) is 3.60. The van der Waals surface area contributed by atoms with Gasteiger partial charge in [0, 0.05) is 19.6 Å². The largest absolute Gasteiger partial charge is 0.418 e. The number of nitrogens with zero attached hydrogens (tertiary/aromatic N) is 3. The molecule has 0 aromatic heterocycles. The van der Waals surface area contributed by atoms with E-state index >= 15 is 0 Å². The van der Waals surface area contributed by atoms with Gasteiger partial charge in [0.25, 0.3) is 0 Å². The zero-order valence-corrected chi connectivity index (χ0v) is 13.8. The number of urea groups is 1. The lowest BCUT2D eigenvalue weighted by molar-refractivity contribution is -0.0316. The van der Waals surface area contributed by atoms with Gasteiger partial charge in [-0.15, -0.1) is 4.28 Å². The van der Waals surface area contributed by atoms with Crippen LogP contribution in [-0.4, -0.2) is 85.8 Å². The number of carbonyl (C=O) groups is 1. The molecule has 0 aromatic rings. The Kier molecular flexibility index (Phi) is 4.92. The minimum atomic E-state index is -4.75. The Labute approximate surface area is 139 Å². The number of piperidine rings is 1. The van der Waals surface area contributed by atoms with E-state index in [2.05, 4.69) is 14.6 Å². The number of rotatable bonds is 4. The summed E-state index contributed by atoms with van der Waals surface area (Å²) in [5, 5.41) is 3.88. The summed E-state index contributed by atoms with van der Waals surface area (Å²) >= 11 is 0. The summed E-state index contributed by atoms with van der Waals surface area (Å²) in [6.45, 7) is 2.73. The monoisotopic (exact) mass is 363 g/mol. The number of fused-ring (bicyclic) bond motifs is 2. The molecule has 12 heteroatoms. The average Bonchev–Trinajstić information content (AvgIpc) is 2.72. The van der Waals surface area contributed by atoms with Crippen LogP contribution in [0.3, 0.4) is 0 Å². The van der Waals surface area contributed by atoms with Crippen molar-refractivity contribution in [3.63, 3.8) is 0 Å². The van der Waals surface area contributed by atoms with E-state index < -0.39 is 28.5 Å². The molecule has 136 valence electrons. The van der Waals surface area contributed by atoms with Crippen LogP contribution in [0.4, 0.5) is 4.79 Å². The van der Waals surface area contributed by atoms with E-state index in [1.165, 1.54) is 4.90 Å². The van der Waals surface area contributed by atoms with Gasteiger partial charge in [-0.2, -0.15) is 13.5 Å². The molecule has 11 nitrogen and oxygen atoms in total. The number of hydrogen-bond donors (Lipinski definition) is 3. The molecule has 0 aromatic carbocycles. The highest BCUT2D eigenvalue weighted by atomic mass is 32.3. The number of nitrogens with two attached hydrogens (primary N) is 1. The van der Waals surface area contributed by atoms with E-state index in [-0.39, 0.29) is 12.6 Å². The Hall–Kier alpha value is -1.47. The van der Waals surface area contributed by atoms with Crippen molar-refractivity contribution in [1.82, 2.24) is 15.3 Å². The summed E-state index contributed by atoms with van der Waals surface area (Å²) in [5.41, 5.74) is 6.10. The van der Waals surface area contributed by atoms with Gasteiger partial charge < -0.3 is 20.7 Å². The molecule has 3 atom stereocenters. The Bertz CT molecular complexity index is 617. The third-order valence-electron chi connectivity index (χ3n) is 4.28. The van der Waals surface area contributed by atoms with Crippen molar-refractivity contribution >= 4 is 22.3 Å². The van der Waals surface area contributed by atoms with Crippen molar-refractivity contribution in [1.29, 1.82) is 0 Å². The number of nitrogens with one attached hydrogen (secondary N) is 1. The number of hydrogen-bond acceptors (Lipinski definition) is 7. The van der Waals surface area contributed by atoms with E-state index in [0.717, 1.165) is 6.54 Å². The Morgan fingerprint density at radius 1 is 1.46 bits per heavy atom. The van der Waals surface area contributed by atoms with Crippen LogP contribution >= 0.6 is 0 Å². The van der Waals surface area contributed by atoms with Gasteiger partial charge in [-0.25, -0.2) is 4.79 Å². The minimum absolute atomic E-state index is 0.131. The molecule has 0 aliphatic carbocycles. The quantitative estimate of drug-likeness (QED) is 0.305. The predicted octanol–water partition coefficient (Wildman–Crippen LogP) is -1.66. The molecule has 3 heterocycles. The highest BCUT2D eigenvalue weighted by Gasteiger charge is 2.48. The Morgan fingerprint density at radius 3 is 3.00 bits per heavy atom. The van der Waals surface area contributed by atoms with Gasteiger partial charge in [0.2, 0.25) is 0 Å². The average molecular weight is 363 g/mol. The second-order valence-corrected chi connectivity index (χ2v) is 7.00. The number of carbonyl (C=O) groups excluding carboxylic acids is 1. The molecule has 4 N–H and O–H groups in total. The molecule has 1 unspecified atom stereocenters. The number of ether oxygens (including phenoxy) is 1. The molecule has 3 aliphatic heterocycles. The third kappa shape index (κ3) is 3.78. The first-order valence-electron chi connectivity index (χ1n) is 7.73. The van der Waals surface area contributed by atoms with Crippen molar-refractivity contribution in [3.8, 4) is 0 Å². The van der Waals surface area contributed by atoms with Crippen LogP contribution in [0.15, 0.2) is 4.99 Å². The molecule has 2 amide bonds. The van der Waals surface area contributed by atoms with Crippen LogP contribution in [0, 0.1) is 0 Å². The molecular weight excluding hydrogens is 342 g/mol. The summed E-state index contributed by atoms with van der Waals surface area (Å²) < 4.78 is 40.4. The first-order valence-corrected chi connectivity index (χ1v) is 9.10. The van der Waals surface area contributed by atoms with E-state index in [1.807, 2.05) is 0 Å². The molecule has 3 fully saturated rings. The van der Waals surface area contributed by atoms with Crippen molar-refractivity contribution in [2.24, 2.45) is 10.7 Å². The van der Waals surface area contributed by atoms with Crippen LogP contribution in [0.25, 0.3) is 0 Å². The highest BCUT2D eigenvalue weighted by molar-refractivity contribution is 7.80. The van der Waals surface area contributed by atoms with Gasteiger partial charge in [0.15, 0.2) is 0 Å². The molecule has 3 aliphatic rings. The van der Waals surface area contributed by atoms with Crippen molar-refractivity contribution in [2.75, 3.05) is 32.8 Å². The fraction of sp³-hybridized carbons (Fsp3) is 0.833. The number of hydroxylamine groups is 2. The molecule has 2 bridgehead atoms. The second-order valence-electron chi connectivity index (χ2n) is 6.00. The van der Waals surface area contributed by atoms with E-state index in [4.69, 9.17) is 15.0 Å². The molecule has 3 saturated heterocycles.